The van der Waals surface area contributed by atoms with Crippen LogP contribution in [-0.4, -0.2) is 39.5 Å². The first-order valence-electron chi connectivity index (χ1n) is 8.18. The van der Waals surface area contributed by atoms with Crippen LogP contribution < -0.4 is 10.6 Å². The van der Waals surface area contributed by atoms with Crippen LogP contribution in [-0.2, 0) is 17.8 Å². The van der Waals surface area contributed by atoms with E-state index in [9.17, 15) is 0 Å². The van der Waals surface area contributed by atoms with Gasteiger partial charge in [0.2, 0.25) is 5.95 Å². The van der Waals surface area contributed by atoms with Gasteiger partial charge in [0.1, 0.15) is 5.82 Å². The molecule has 3 rings (SSSR count). The number of aromatic nitrogens is 4. The summed E-state index contributed by atoms with van der Waals surface area (Å²) in [4.78, 5) is 11.0. The second-order valence-electron chi connectivity index (χ2n) is 5.79. The highest BCUT2D eigenvalue weighted by Crippen LogP contribution is 2.27. The quantitative estimate of drug-likeness (QED) is 0.875. The molecule has 0 radical (unpaired) electrons. The van der Waals surface area contributed by atoms with Crippen molar-refractivity contribution >= 4 is 11.8 Å². The Kier molecular flexibility index (Phi) is 4.76. The number of hydrogen-bond acceptors (Lipinski definition) is 6. The third-order valence-corrected chi connectivity index (χ3v) is 4.19. The Morgan fingerprint density at radius 1 is 1.39 bits per heavy atom. The van der Waals surface area contributed by atoms with Crippen molar-refractivity contribution in [1.82, 2.24) is 19.7 Å². The van der Waals surface area contributed by atoms with Gasteiger partial charge in [0.05, 0.1) is 18.5 Å². The van der Waals surface area contributed by atoms with Crippen LogP contribution in [0.5, 0.6) is 0 Å². The van der Waals surface area contributed by atoms with E-state index in [2.05, 4.69) is 40.0 Å². The molecule has 23 heavy (non-hydrogen) atoms. The number of anilines is 2. The summed E-state index contributed by atoms with van der Waals surface area (Å²) in [5.74, 6) is 1.51. The zero-order valence-electron chi connectivity index (χ0n) is 13.8. The van der Waals surface area contributed by atoms with Gasteiger partial charge in [-0.3, -0.25) is 4.68 Å². The lowest BCUT2D eigenvalue weighted by atomic mass is 10.0. The Hall–Kier alpha value is -2.15. The normalized spacial score (nSPS) is 17.6. The molecule has 1 aliphatic rings. The summed E-state index contributed by atoms with van der Waals surface area (Å²) in [5, 5.41) is 4.33. The topological polar surface area (TPSA) is 82.1 Å². The van der Waals surface area contributed by atoms with Crippen molar-refractivity contribution in [2.24, 2.45) is 0 Å². The van der Waals surface area contributed by atoms with Gasteiger partial charge in [-0.2, -0.15) is 10.1 Å². The Morgan fingerprint density at radius 3 is 2.91 bits per heavy atom. The summed E-state index contributed by atoms with van der Waals surface area (Å²) in [6.07, 6.45) is 4.96. The summed E-state index contributed by atoms with van der Waals surface area (Å²) in [7, 11) is 0. The standard InChI is InChI=1S/C16H24N6O/c1-3-21(9-12-8-18-22(4-2)10-12)15-7-14(19-16(17)20-15)13-5-6-23-11-13/h7-8,10,13H,3-6,9,11H2,1-2H3,(H2,17,19,20)/t13-/m1/s1. The van der Waals surface area contributed by atoms with Crippen LogP contribution in [0, 0.1) is 0 Å². The molecule has 2 N–H and O–H groups in total. The maximum Gasteiger partial charge on any atom is 0.222 e. The number of aryl methyl sites for hydroxylation is 1. The molecule has 1 fully saturated rings. The molecule has 2 aromatic rings. The van der Waals surface area contributed by atoms with Crippen molar-refractivity contribution in [2.45, 2.75) is 39.3 Å². The van der Waals surface area contributed by atoms with Gasteiger partial charge >= 0.3 is 0 Å². The monoisotopic (exact) mass is 316 g/mol. The zero-order valence-corrected chi connectivity index (χ0v) is 13.8. The van der Waals surface area contributed by atoms with Crippen LogP contribution in [0.2, 0.25) is 0 Å². The van der Waals surface area contributed by atoms with E-state index in [1.165, 1.54) is 0 Å². The fourth-order valence-electron chi connectivity index (χ4n) is 2.85. The maximum absolute atomic E-state index is 5.93. The average molecular weight is 316 g/mol. The molecular formula is C16H24N6O. The summed E-state index contributed by atoms with van der Waals surface area (Å²) in [5.41, 5.74) is 8.08. The highest BCUT2D eigenvalue weighted by Gasteiger charge is 2.21. The van der Waals surface area contributed by atoms with E-state index in [0.717, 1.165) is 49.7 Å². The molecule has 1 saturated heterocycles. The first kappa shape index (κ1) is 15.7. The average Bonchev–Trinajstić information content (AvgIpc) is 3.23. The van der Waals surface area contributed by atoms with E-state index in [1.54, 1.807) is 0 Å². The van der Waals surface area contributed by atoms with Crippen molar-refractivity contribution < 1.29 is 4.74 Å². The van der Waals surface area contributed by atoms with Gasteiger partial charge in [0.25, 0.3) is 0 Å². The van der Waals surface area contributed by atoms with Crippen molar-refractivity contribution in [3.8, 4) is 0 Å². The molecule has 124 valence electrons. The lowest BCUT2D eigenvalue weighted by molar-refractivity contribution is 0.193. The van der Waals surface area contributed by atoms with Gasteiger partial charge in [-0.25, -0.2) is 4.98 Å². The smallest absolute Gasteiger partial charge is 0.222 e. The van der Waals surface area contributed by atoms with Gasteiger partial charge in [-0.05, 0) is 20.3 Å². The number of nitrogens with two attached hydrogens (primary N) is 1. The van der Waals surface area contributed by atoms with Crippen molar-refractivity contribution in [1.29, 1.82) is 0 Å². The molecule has 2 aromatic heterocycles. The molecule has 0 spiro atoms. The second-order valence-corrected chi connectivity index (χ2v) is 5.79. The molecule has 1 aliphatic heterocycles. The van der Waals surface area contributed by atoms with E-state index in [1.807, 2.05) is 16.9 Å². The molecule has 0 aromatic carbocycles. The molecule has 7 heteroatoms. The van der Waals surface area contributed by atoms with Gasteiger partial charge in [-0.1, -0.05) is 0 Å². The van der Waals surface area contributed by atoms with Crippen molar-refractivity contribution in [3.05, 3.63) is 29.7 Å². The molecule has 0 aliphatic carbocycles. The Bertz CT molecular complexity index is 650. The summed E-state index contributed by atoms with van der Waals surface area (Å²) in [6.45, 7) is 8.17. The first-order chi connectivity index (χ1) is 11.2. The van der Waals surface area contributed by atoms with Crippen LogP contribution in [0.15, 0.2) is 18.5 Å². The minimum Gasteiger partial charge on any atom is -0.381 e. The molecule has 3 heterocycles. The largest absolute Gasteiger partial charge is 0.381 e. The fourth-order valence-corrected chi connectivity index (χ4v) is 2.85. The lowest BCUT2D eigenvalue weighted by Gasteiger charge is -2.22. The molecular weight excluding hydrogens is 292 g/mol. The van der Waals surface area contributed by atoms with Crippen LogP contribution >= 0.6 is 0 Å². The second kappa shape index (κ2) is 6.95. The van der Waals surface area contributed by atoms with Crippen LogP contribution in [0.25, 0.3) is 0 Å². The van der Waals surface area contributed by atoms with Crippen LogP contribution in [0.4, 0.5) is 11.8 Å². The Balaban J connectivity index is 1.82. The van der Waals surface area contributed by atoms with Crippen molar-refractivity contribution in [2.75, 3.05) is 30.4 Å². The van der Waals surface area contributed by atoms with Crippen molar-refractivity contribution in [3.63, 3.8) is 0 Å². The minimum atomic E-state index is 0.320. The summed E-state index contributed by atoms with van der Waals surface area (Å²) in [6, 6.07) is 2.05. The van der Waals surface area contributed by atoms with Gasteiger partial charge < -0.3 is 15.4 Å². The minimum absolute atomic E-state index is 0.320. The van der Waals surface area contributed by atoms with E-state index in [0.29, 0.717) is 18.5 Å². The third-order valence-electron chi connectivity index (χ3n) is 4.19. The van der Waals surface area contributed by atoms with Gasteiger partial charge in [0.15, 0.2) is 0 Å². The zero-order chi connectivity index (χ0) is 16.2. The molecule has 7 nitrogen and oxygen atoms in total. The Morgan fingerprint density at radius 2 is 2.26 bits per heavy atom. The fraction of sp³-hybridized carbons (Fsp3) is 0.562. The molecule has 1 atom stereocenters. The first-order valence-corrected chi connectivity index (χ1v) is 8.18. The number of ether oxygens (including phenoxy) is 1. The van der Waals surface area contributed by atoms with Crippen LogP contribution in [0.3, 0.4) is 0 Å². The number of nitrogen functional groups attached to an aromatic ring is 1. The van der Waals surface area contributed by atoms with E-state index >= 15 is 0 Å². The number of hydrogen-bond donors (Lipinski definition) is 1. The summed E-state index contributed by atoms with van der Waals surface area (Å²) < 4.78 is 7.39. The van der Waals surface area contributed by atoms with E-state index < -0.39 is 0 Å². The third kappa shape index (κ3) is 3.61. The molecule has 0 saturated carbocycles. The molecule has 0 unspecified atom stereocenters. The Labute approximate surface area is 136 Å². The highest BCUT2D eigenvalue weighted by molar-refractivity contribution is 5.45. The number of nitrogens with zero attached hydrogens (tertiary/aromatic N) is 5. The molecule has 0 amide bonds. The van der Waals surface area contributed by atoms with E-state index in [-0.39, 0.29) is 0 Å². The lowest BCUT2D eigenvalue weighted by Crippen LogP contribution is -2.24. The van der Waals surface area contributed by atoms with E-state index in [4.69, 9.17) is 10.5 Å². The van der Waals surface area contributed by atoms with Gasteiger partial charge in [-0.15, -0.1) is 0 Å². The molecule has 0 bridgehead atoms. The highest BCUT2D eigenvalue weighted by atomic mass is 16.5. The van der Waals surface area contributed by atoms with Crippen LogP contribution in [0.1, 0.15) is 37.4 Å². The maximum atomic E-state index is 5.93. The predicted octanol–water partition coefficient (Wildman–Crippen LogP) is 1.81. The predicted molar refractivity (Wildman–Crippen MR) is 89.2 cm³/mol. The number of rotatable bonds is 6. The summed E-state index contributed by atoms with van der Waals surface area (Å²) >= 11 is 0. The SMILES string of the molecule is CCN(Cc1cnn(CC)c1)c1cc([C@@H]2CCOC2)nc(N)n1. The van der Waals surface area contributed by atoms with Gasteiger partial charge in [0, 0.05) is 50.0 Å².